The molecule has 2 heterocycles. The fraction of sp³-hybridized carbons (Fsp3) is 0.850. The summed E-state index contributed by atoms with van der Waals surface area (Å²) in [5.74, 6) is 0.846. The number of hydrogen-bond acceptors (Lipinski definition) is 5. The summed E-state index contributed by atoms with van der Waals surface area (Å²) in [5.41, 5.74) is 0. The van der Waals surface area contributed by atoms with E-state index in [0.717, 1.165) is 45.1 Å². The van der Waals surface area contributed by atoms with Gasteiger partial charge >= 0.3 is 0 Å². The molecule has 1 fully saturated rings. The minimum absolute atomic E-state index is 0.152. The van der Waals surface area contributed by atoms with Gasteiger partial charge < -0.3 is 14.4 Å². The number of nitrogens with zero attached hydrogens (tertiary/aromatic N) is 2. The second kappa shape index (κ2) is 13.0. The van der Waals surface area contributed by atoms with Gasteiger partial charge in [0.1, 0.15) is 13.5 Å². The minimum atomic E-state index is -0.364. The van der Waals surface area contributed by atoms with Crippen molar-refractivity contribution >= 4 is 17.9 Å². The molecule has 3 unspecified atom stereocenters. The Morgan fingerprint density at radius 3 is 2.23 bits per heavy atom. The number of rotatable bonds is 9. The van der Waals surface area contributed by atoms with Crippen LogP contribution in [0.5, 0.6) is 0 Å². The number of ketones is 1. The predicted molar refractivity (Wildman–Crippen MR) is 103 cm³/mol. The lowest BCUT2D eigenvalue weighted by Gasteiger charge is -2.20. The summed E-state index contributed by atoms with van der Waals surface area (Å²) in [4.78, 5) is 29.3. The van der Waals surface area contributed by atoms with E-state index in [0.29, 0.717) is 20.1 Å². The molecule has 0 aromatic heterocycles. The lowest BCUT2D eigenvalue weighted by molar-refractivity contribution is -0.136. The van der Waals surface area contributed by atoms with E-state index in [1.54, 1.807) is 6.21 Å². The number of aliphatic imine (C=N–C) groups is 1. The lowest BCUT2D eigenvalue weighted by atomic mass is 9.93. The molecule has 0 aliphatic carbocycles. The van der Waals surface area contributed by atoms with Gasteiger partial charge in [-0.2, -0.15) is 0 Å². The molecule has 3 atom stereocenters. The van der Waals surface area contributed by atoms with Crippen LogP contribution in [-0.2, 0) is 19.1 Å². The third kappa shape index (κ3) is 7.16. The molecule has 0 spiro atoms. The van der Waals surface area contributed by atoms with Gasteiger partial charge in [0.05, 0.1) is 6.61 Å². The first-order valence-electron chi connectivity index (χ1n) is 10.1. The molecule has 2 aliphatic heterocycles. The van der Waals surface area contributed by atoms with Gasteiger partial charge in [-0.25, -0.2) is 0 Å². The molecular weight excluding hydrogens is 332 g/mol. The summed E-state index contributed by atoms with van der Waals surface area (Å²) in [6.45, 7) is 10.7. The quantitative estimate of drug-likeness (QED) is 0.625. The van der Waals surface area contributed by atoms with Crippen molar-refractivity contribution in [3.8, 4) is 0 Å². The average molecular weight is 369 g/mol. The monoisotopic (exact) mass is 368 g/mol. The van der Waals surface area contributed by atoms with Gasteiger partial charge in [-0.05, 0) is 25.7 Å². The van der Waals surface area contributed by atoms with Gasteiger partial charge in [0.25, 0.3) is 0 Å². The van der Waals surface area contributed by atoms with Crippen molar-refractivity contribution in [1.29, 1.82) is 0 Å². The highest BCUT2D eigenvalue weighted by molar-refractivity contribution is 5.99. The number of amides is 1. The van der Waals surface area contributed by atoms with Crippen LogP contribution in [0.3, 0.4) is 0 Å². The Bertz CT molecular complexity index is 447. The molecule has 0 aromatic carbocycles. The number of Topliss-reactive ketones (excluding diaryl/α,β-unsaturated/α-hetero) is 1. The summed E-state index contributed by atoms with van der Waals surface area (Å²) in [6.07, 6.45) is 7.21. The second-order valence-electron chi connectivity index (χ2n) is 6.88. The van der Waals surface area contributed by atoms with Crippen LogP contribution in [0.2, 0.25) is 0 Å². The maximum atomic E-state index is 11.8. The Labute approximate surface area is 158 Å². The van der Waals surface area contributed by atoms with Crippen molar-refractivity contribution in [3.05, 3.63) is 0 Å². The zero-order valence-corrected chi connectivity index (χ0v) is 16.9. The van der Waals surface area contributed by atoms with Gasteiger partial charge in [0.15, 0.2) is 11.9 Å². The molecule has 2 aliphatic rings. The molecule has 0 N–H and O–H groups in total. The van der Waals surface area contributed by atoms with Gasteiger partial charge in [-0.1, -0.05) is 40.5 Å². The molecule has 0 radical (unpaired) electrons. The minimum Gasteiger partial charge on any atom is -0.359 e. The normalized spacial score (nSPS) is 21.2. The van der Waals surface area contributed by atoms with Gasteiger partial charge in [-0.3, -0.25) is 14.6 Å². The number of carbonyl (C=O) groups is 2. The number of carbonyl (C=O) groups excluding carboxylic acids is 2. The Morgan fingerprint density at radius 1 is 1.12 bits per heavy atom. The summed E-state index contributed by atoms with van der Waals surface area (Å²) < 4.78 is 10.3. The molecule has 6 nitrogen and oxygen atoms in total. The van der Waals surface area contributed by atoms with Crippen LogP contribution >= 0.6 is 0 Å². The predicted octanol–water partition coefficient (Wildman–Crippen LogP) is 3.44. The summed E-state index contributed by atoms with van der Waals surface area (Å²) in [7, 11) is 0. The maximum Gasteiger partial charge on any atom is 0.227 e. The van der Waals surface area contributed by atoms with Crippen molar-refractivity contribution < 1.29 is 19.1 Å². The zero-order valence-electron chi connectivity index (χ0n) is 16.9. The molecule has 1 saturated heterocycles. The smallest absolute Gasteiger partial charge is 0.227 e. The van der Waals surface area contributed by atoms with E-state index in [2.05, 4.69) is 25.8 Å². The van der Waals surface area contributed by atoms with E-state index in [-0.39, 0.29) is 29.6 Å². The third-order valence-electron chi connectivity index (χ3n) is 4.93. The fourth-order valence-electron chi connectivity index (χ4n) is 3.29. The summed E-state index contributed by atoms with van der Waals surface area (Å²) in [5, 5.41) is 0. The van der Waals surface area contributed by atoms with Crippen LogP contribution in [0.15, 0.2) is 4.99 Å². The van der Waals surface area contributed by atoms with Crippen LogP contribution in [0, 0.1) is 11.8 Å². The first-order chi connectivity index (χ1) is 12.6. The average Bonchev–Trinajstić information content (AvgIpc) is 3.37. The molecule has 26 heavy (non-hydrogen) atoms. The lowest BCUT2D eigenvalue weighted by Crippen LogP contribution is -2.33. The van der Waals surface area contributed by atoms with E-state index in [1.165, 1.54) is 0 Å². The molecule has 150 valence electrons. The first kappa shape index (κ1) is 22.8. The third-order valence-corrected chi connectivity index (χ3v) is 4.93. The fourth-order valence-corrected chi connectivity index (χ4v) is 3.29. The molecule has 0 bridgehead atoms. The first-order valence-corrected chi connectivity index (χ1v) is 10.1. The highest BCUT2D eigenvalue weighted by Crippen LogP contribution is 2.17. The van der Waals surface area contributed by atoms with Crippen molar-refractivity contribution in [2.45, 2.75) is 72.3 Å². The van der Waals surface area contributed by atoms with Crippen molar-refractivity contribution in [3.63, 3.8) is 0 Å². The van der Waals surface area contributed by atoms with Crippen LogP contribution in [-0.4, -0.2) is 55.5 Å². The van der Waals surface area contributed by atoms with E-state index < -0.39 is 0 Å². The molecule has 2 rings (SSSR count). The van der Waals surface area contributed by atoms with E-state index in [9.17, 15) is 9.59 Å². The van der Waals surface area contributed by atoms with Crippen LogP contribution in [0.4, 0.5) is 0 Å². The standard InChI is InChI=1S/C10H17NO2.C10H19NO2/c1-3-5-8(4-2)10(12)9-6-11-7-13-9;1-3-5-9(4-2)10(12)11-6-7-13-8-11/h6,8-9H,3-5,7H2,1-2H3;9H,3-8H2,1-2H3. The van der Waals surface area contributed by atoms with Crippen LogP contribution in [0.25, 0.3) is 0 Å². The number of ether oxygens (including phenoxy) is 2. The van der Waals surface area contributed by atoms with Crippen LogP contribution in [0.1, 0.15) is 66.2 Å². The van der Waals surface area contributed by atoms with Gasteiger partial charge in [-0.15, -0.1) is 0 Å². The van der Waals surface area contributed by atoms with E-state index in [1.807, 2.05) is 11.8 Å². The second-order valence-corrected chi connectivity index (χ2v) is 6.88. The maximum absolute atomic E-state index is 11.8. The molecule has 0 saturated carbocycles. The van der Waals surface area contributed by atoms with E-state index >= 15 is 0 Å². The topological polar surface area (TPSA) is 68.2 Å². The Kier molecular flexibility index (Phi) is 11.4. The Balaban J connectivity index is 0.000000260. The highest BCUT2D eigenvalue weighted by Gasteiger charge is 2.26. The molecule has 1 amide bonds. The summed E-state index contributed by atoms with van der Waals surface area (Å²) >= 11 is 0. The highest BCUT2D eigenvalue weighted by atomic mass is 16.5. The Hall–Kier alpha value is -1.27. The summed E-state index contributed by atoms with van der Waals surface area (Å²) in [6, 6.07) is 0. The SMILES string of the molecule is CCCC(CC)C(=O)C1C=NCO1.CCCC(CC)C(=O)N1CCOC1. The number of hydrogen-bond donors (Lipinski definition) is 0. The Morgan fingerprint density at radius 2 is 1.77 bits per heavy atom. The molecule has 0 aromatic rings. The van der Waals surface area contributed by atoms with Crippen molar-refractivity contribution in [2.75, 3.05) is 26.6 Å². The van der Waals surface area contributed by atoms with Crippen LogP contribution < -0.4 is 0 Å². The zero-order chi connectivity index (χ0) is 19.4. The van der Waals surface area contributed by atoms with Gasteiger partial charge in [0, 0.05) is 24.6 Å². The van der Waals surface area contributed by atoms with Crippen molar-refractivity contribution in [1.82, 2.24) is 4.90 Å². The largest absolute Gasteiger partial charge is 0.359 e. The van der Waals surface area contributed by atoms with Crippen molar-refractivity contribution in [2.24, 2.45) is 16.8 Å². The van der Waals surface area contributed by atoms with E-state index in [4.69, 9.17) is 9.47 Å². The molecule has 6 heteroatoms. The van der Waals surface area contributed by atoms with Gasteiger partial charge in [0.2, 0.25) is 5.91 Å². The molecular formula is C20H36N2O4.